The number of fused-ring (bicyclic) bond motifs is 1. The van der Waals surface area contributed by atoms with Gasteiger partial charge in [-0.3, -0.25) is 4.79 Å². The Morgan fingerprint density at radius 1 is 1.39 bits per heavy atom. The van der Waals surface area contributed by atoms with E-state index in [4.69, 9.17) is 4.52 Å². The summed E-state index contributed by atoms with van der Waals surface area (Å²) in [4.78, 5) is 16.1. The highest BCUT2D eigenvalue weighted by Crippen LogP contribution is 2.22. The van der Waals surface area contributed by atoms with E-state index in [-0.39, 0.29) is 11.8 Å². The number of hydrogen-bond donors (Lipinski definition) is 1. The third-order valence-corrected chi connectivity index (χ3v) is 4.42. The predicted molar refractivity (Wildman–Crippen MR) is 84.8 cm³/mol. The van der Waals surface area contributed by atoms with Gasteiger partial charge in [0.05, 0.1) is 5.52 Å². The van der Waals surface area contributed by atoms with Gasteiger partial charge in [-0.25, -0.2) is 0 Å². The molecule has 0 radical (unpaired) electrons. The number of aryl methyl sites for hydroxylation is 1. The van der Waals surface area contributed by atoms with Gasteiger partial charge >= 0.3 is 0 Å². The molecule has 1 atom stereocenters. The maximum Gasteiger partial charge on any atom is 0.227 e. The Labute approximate surface area is 133 Å². The number of aromatic nitrogens is 3. The minimum absolute atomic E-state index is 0.0420. The number of para-hydroxylation sites is 1. The number of nitrogens with one attached hydrogen (secondary N) is 1. The Morgan fingerprint density at radius 2 is 2.30 bits per heavy atom. The Balaban J connectivity index is 1.55. The molecule has 2 aromatic heterocycles. The lowest BCUT2D eigenvalue weighted by Crippen LogP contribution is -2.20. The van der Waals surface area contributed by atoms with E-state index in [2.05, 4.69) is 44.4 Å². The molecule has 0 aliphatic carbocycles. The van der Waals surface area contributed by atoms with Gasteiger partial charge in [-0.15, -0.1) is 0 Å². The van der Waals surface area contributed by atoms with Crippen LogP contribution in [0.2, 0.25) is 0 Å². The molecule has 23 heavy (non-hydrogen) atoms. The summed E-state index contributed by atoms with van der Waals surface area (Å²) in [6.45, 7) is 0.736. The number of nitrogens with zero attached hydrogens (tertiary/aromatic N) is 3. The van der Waals surface area contributed by atoms with Crippen molar-refractivity contribution in [3.8, 4) is 0 Å². The standard InChI is InChI=1S/C17H18N4O2/c1-21-8-6-11-3-2-4-12(16(11)21)9-14-19-15(23-20-14)10-13-5-7-18-17(13)22/h2-4,6,8,13H,5,7,9-10H2,1H3,(H,18,22)/t13-/m1/s1. The normalized spacial score (nSPS) is 17.8. The van der Waals surface area contributed by atoms with Crippen LogP contribution in [0.15, 0.2) is 35.0 Å². The second-order valence-electron chi connectivity index (χ2n) is 6.04. The molecule has 3 heterocycles. The highest BCUT2D eigenvalue weighted by molar-refractivity contribution is 5.83. The summed E-state index contributed by atoms with van der Waals surface area (Å²) in [5, 5.41) is 8.11. The molecule has 0 bridgehead atoms. The van der Waals surface area contributed by atoms with Gasteiger partial charge in [0, 0.05) is 38.5 Å². The van der Waals surface area contributed by atoms with Crippen LogP contribution in [0.4, 0.5) is 0 Å². The Bertz CT molecular complexity index is 864. The number of hydrogen-bond acceptors (Lipinski definition) is 4. The highest BCUT2D eigenvalue weighted by Gasteiger charge is 2.26. The second kappa shape index (κ2) is 5.53. The average molecular weight is 310 g/mol. The van der Waals surface area contributed by atoms with E-state index in [1.165, 1.54) is 16.5 Å². The zero-order valence-corrected chi connectivity index (χ0v) is 13.0. The van der Waals surface area contributed by atoms with Crippen LogP contribution in [-0.4, -0.2) is 27.2 Å². The molecule has 3 aromatic rings. The van der Waals surface area contributed by atoms with E-state index >= 15 is 0 Å². The fraction of sp³-hybridized carbons (Fsp3) is 0.353. The van der Waals surface area contributed by atoms with Crippen molar-refractivity contribution in [1.29, 1.82) is 0 Å². The van der Waals surface area contributed by atoms with Crippen molar-refractivity contribution in [3.05, 3.63) is 47.7 Å². The van der Waals surface area contributed by atoms with Gasteiger partial charge in [-0.1, -0.05) is 23.4 Å². The van der Waals surface area contributed by atoms with Crippen molar-refractivity contribution in [1.82, 2.24) is 20.0 Å². The molecule has 118 valence electrons. The third kappa shape index (κ3) is 2.60. The zero-order valence-electron chi connectivity index (χ0n) is 13.0. The van der Waals surface area contributed by atoms with Crippen molar-refractivity contribution >= 4 is 16.8 Å². The smallest absolute Gasteiger partial charge is 0.227 e. The fourth-order valence-electron chi connectivity index (χ4n) is 3.25. The van der Waals surface area contributed by atoms with Crippen LogP contribution >= 0.6 is 0 Å². The van der Waals surface area contributed by atoms with Crippen molar-refractivity contribution in [2.75, 3.05) is 6.54 Å². The topological polar surface area (TPSA) is 73.0 Å². The number of carbonyl (C=O) groups is 1. The lowest BCUT2D eigenvalue weighted by molar-refractivity contribution is -0.122. The summed E-state index contributed by atoms with van der Waals surface area (Å²) in [7, 11) is 2.03. The summed E-state index contributed by atoms with van der Waals surface area (Å²) in [6, 6.07) is 8.32. The van der Waals surface area contributed by atoms with Gasteiger partial charge < -0.3 is 14.4 Å². The molecule has 6 nitrogen and oxygen atoms in total. The lowest BCUT2D eigenvalue weighted by Gasteiger charge is -2.03. The first-order chi connectivity index (χ1) is 11.2. The molecule has 1 aromatic carbocycles. The van der Waals surface area contributed by atoms with Gasteiger partial charge in [-0.2, -0.15) is 4.98 Å². The predicted octanol–water partition coefficient (Wildman–Crippen LogP) is 1.83. The molecular weight excluding hydrogens is 292 g/mol. The zero-order chi connectivity index (χ0) is 15.8. The third-order valence-electron chi connectivity index (χ3n) is 4.42. The first kappa shape index (κ1) is 14.0. The maximum atomic E-state index is 11.6. The van der Waals surface area contributed by atoms with Crippen LogP contribution in [-0.2, 0) is 24.7 Å². The minimum Gasteiger partial charge on any atom is -0.356 e. The summed E-state index contributed by atoms with van der Waals surface area (Å²) >= 11 is 0. The van der Waals surface area contributed by atoms with Crippen molar-refractivity contribution in [2.45, 2.75) is 19.3 Å². The summed E-state index contributed by atoms with van der Waals surface area (Å²) in [5.74, 6) is 1.24. The van der Waals surface area contributed by atoms with Crippen LogP contribution in [0.1, 0.15) is 23.7 Å². The van der Waals surface area contributed by atoms with E-state index in [1.807, 2.05) is 13.1 Å². The quantitative estimate of drug-likeness (QED) is 0.798. The van der Waals surface area contributed by atoms with Crippen LogP contribution in [0.3, 0.4) is 0 Å². The van der Waals surface area contributed by atoms with Crippen molar-refractivity contribution in [3.63, 3.8) is 0 Å². The van der Waals surface area contributed by atoms with Gasteiger partial charge in [0.1, 0.15) is 0 Å². The molecule has 1 fully saturated rings. The van der Waals surface area contributed by atoms with E-state index in [1.54, 1.807) is 0 Å². The van der Waals surface area contributed by atoms with Crippen LogP contribution in [0.5, 0.6) is 0 Å². The fourth-order valence-corrected chi connectivity index (χ4v) is 3.25. The van der Waals surface area contributed by atoms with Crippen LogP contribution < -0.4 is 5.32 Å². The molecule has 0 spiro atoms. The first-order valence-electron chi connectivity index (χ1n) is 7.83. The maximum absolute atomic E-state index is 11.6. The van der Waals surface area contributed by atoms with E-state index in [0.29, 0.717) is 24.6 Å². The molecule has 0 saturated carbocycles. The molecule has 0 unspecified atom stereocenters. The summed E-state index contributed by atoms with van der Waals surface area (Å²) in [5.41, 5.74) is 2.36. The highest BCUT2D eigenvalue weighted by atomic mass is 16.5. The SMILES string of the molecule is Cn1ccc2cccc(Cc3noc(C[C@H]4CCNC4=O)n3)c21. The molecule has 1 aliphatic rings. The van der Waals surface area contributed by atoms with Gasteiger partial charge in [-0.05, 0) is 23.4 Å². The molecular formula is C17H18N4O2. The van der Waals surface area contributed by atoms with Gasteiger partial charge in [0.15, 0.2) is 5.82 Å². The number of carbonyl (C=O) groups excluding carboxylic acids is 1. The van der Waals surface area contributed by atoms with Gasteiger partial charge in [0.2, 0.25) is 11.8 Å². The molecule has 1 saturated heterocycles. The molecule has 1 N–H and O–H groups in total. The molecule has 6 heteroatoms. The molecule has 4 rings (SSSR count). The van der Waals surface area contributed by atoms with E-state index in [0.717, 1.165) is 13.0 Å². The Morgan fingerprint density at radius 3 is 3.13 bits per heavy atom. The molecule has 1 amide bonds. The van der Waals surface area contributed by atoms with Crippen LogP contribution in [0, 0.1) is 5.92 Å². The van der Waals surface area contributed by atoms with E-state index in [9.17, 15) is 4.79 Å². The van der Waals surface area contributed by atoms with Crippen LogP contribution in [0.25, 0.3) is 10.9 Å². The Kier molecular flexibility index (Phi) is 3.37. The number of benzene rings is 1. The molecule has 1 aliphatic heterocycles. The average Bonchev–Trinajstić information content (AvgIpc) is 3.24. The monoisotopic (exact) mass is 310 g/mol. The summed E-state index contributed by atoms with van der Waals surface area (Å²) < 4.78 is 7.43. The Hall–Kier alpha value is -2.63. The lowest BCUT2D eigenvalue weighted by atomic mass is 10.0. The minimum atomic E-state index is -0.0420. The van der Waals surface area contributed by atoms with Crippen molar-refractivity contribution in [2.24, 2.45) is 13.0 Å². The first-order valence-corrected chi connectivity index (χ1v) is 7.83. The number of rotatable bonds is 4. The largest absolute Gasteiger partial charge is 0.356 e. The van der Waals surface area contributed by atoms with Crippen molar-refractivity contribution < 1.29 is 9.32 Å². The van der Waals surface area contributed by atoms with Gasteiger partial charge in [0.25, 0.3) is 0 Å². The summed E-state index contributed by atoms with van der Waals surface area (Å²) in [6.07, 6.45) is 4.02. The van der Waals surface area contributed by atoms with E-state index < -0.39 is 0 Å². The second-order valence-corrected chi connectivity index (χ2v) is 6.04. The number of amides is 1.